The highest BCUT2D eigenvalue weighted by Crippen LogP contribution is 2.16. The summed E-state index contributed by atoms with van der Waals surface area (Å²) >= 11 is 0. The number of hydrogen-bond acceptors (Lipinski definition) is 2. The molecule has 0 spiro atoms. The fourth-order valence-electron chi connectivity index (χ4n) is 2.64. The number of halogens is 1. The van der Waals surface area contributed by atoms with Gasteiger partial charge in [0.15, 0.2) is 0 Å². The summed E-state index contributed by atoms with van der Waals surface area (Å²) in [6, 6.07) is 0. The van der Waals surface area contributed by atoms with E-state index in [-0.39, 0.29) is 0 Å². The molecule has 0 aromatic carbocycles. The lowest BCUT2D eigenvalue weighted by Gasteiger charge is -2.39. The Morgan fingerprint density at radius 2 is 0.952 bits per heavy atom. The molecule has 0 aliphatic carbocycles. The van der Waals surface area contributed by atoms with E-state index in [1.807, 2.05) is 0 Å². The van der Waals surface area contributed by atoms with Crippen LogP contribution in [-0.2, 0) is 4.46 Å². The maximum Gasteiger partial charge on any atom is 0.376 e. The van der Waals surface area contributed by atoms with Gasteiger partial charge in [-0.25, -0.2) is 0 Å². The maximum absolute atomic E-state index is 9.99. The number of rotatable bonds is 12. The molecule has 0 saturated heterocycles. The number of quaternary nitrogens is 1. The van der Waals surface area contributed by atoms with Crippen molar-refractivity contribution in [3.05, 3.63) is 0 Å². The highest BCUT2D eigenvalue weighted by Gasteiger charge is 2.24. The normalized spacial score (nSPS) is 10.9. The second-order valence-electron chi connectivity index (χ2n) is 5.89. The summed E-state index contributed by atoms with van der Waals surface area (Å²) in [4.78, 5) is 8.41. The Hall–Kier alpha value is -0.293. The van der Waals surface area contributed by atoms with Crippen LogP contribution in [0, 0.1) is 0 Å². The minimum absolute atomic E-state index is 1.35. The van der Waals surface area contributed by atoms with Crippen molar-refractivity contribution in [3.63, 3.8) is 0 Å². The van der Waals surface area contributed by atoms with Gasteiger partial charge in [0.25, 0.3) is 0 Å². The number of nitrogens with zero attached hydrogens (tertiary/aromatic N) is 1. The molecule has 0 heterocycles. The molecule has 0 rings (SSSR count). The quantitative estimate of drug-likeness (QED) is 0.312. The fraction of sp³-hybridized carbons (Fsp3) is 1.00. The zero-order valence-corrected chi connectivity index (χ0v) is 15.6. The Balaban J connectivity index is 0. The average molecular weight is 322 g/mol. The van der Waals surface area contributed by atoms with Gasteiger partial charge in [0.1, 0.15) is 0 Å². The first-order chi connectivity index (χ1) is 9.97. The van der Waals surface area contributed by atoms with Gasteiger partial charge in [0.2, 0.25) is 0 Å². The molecule has 0 aliphatic heterocycles. The van der Waals surface area contributed by atoms with Gasteiger partial charge in [0, 0.05) is 0 Å². The van der Waals surface area contributed by atoms with Crippen LogP contribution >= 0.6 is 0 Å². The van der Waals surface area contributed by atoms with E-state index in [4.69, 9.17) is 9.26 Å². The highest BCUT2D eigenvalue weighted by molar-refractivity contribution is 6.20. The lowest BCUT2D eigenvalue weighted by Crippen LogP contribution is -2.50. The first-order valence-electron chi connectivity index (χ1n) is 8.69. The van der Waals surface area contributed by atoms with Crippen LogP contribution in [-0.4, -0.2) is 39.9 Å². The van der Waals surface area contributed by atoms with Crippen LogP contribution in [0.5, 0.6) is 0 Å². The van der Waals surface area contributed by atoms with Crippen LogP contribution in [0.1, 0.15) is 79.1 Å². The molecular weight excluding hydrogens is 285 g/mol. The van der Waals surface area contributed by atoms with Crippen LogP contribution in [0.15, 0.2) is 0 Å². The molecule has 0 fully saturated rings. The van der Waals surface area contributed by atoms with Gasteiger partial charge < -0.3 is 13.7 Å². The molecule has 21 heavy (non-hydrogen) atoms. The number of unbranched alkanes of at least 4 members (excludes halogenated alkanes) is 4. The van der Waals surface area contributed by atoms with E-state index in [1.54, 1.807) is 0 Å². The topological polar surface area (TPSA) is 40.1 Å². The van der Waals surface area contributed by atoms with Gasteiger partial charge in [-0.2, -0.15) is 0 Å². The molecule has 0 aromatic rings. The van der Waals surface area contributed by atoms with E-state index in [0.717, 1.165) is 0 Å². The van der Waals surface area contributed by atoms with Gasteiger partial charge >= 0.3 is 9.26 Å². The van der Waals surface area contributed by atoms with Crippen molar-refractivity contribution < 1.29 is 17.8 Å². The lowest BCUT2D eigenvalue weighted by molar-refractivity contribution is -0.929. The Kier molecular flexibility index (Phi) is 17.6. The highest BCUT2D eigenvalue weighted by atomic mass is 28.3. The molecule has 0 aromatic heterocycles. The van der Waals surface area contributed by atoms with Gasteiger partial charge in [0.05, 0.1) is 26.2 Å². The summed E-state index contributed by atoms with van der Waals surface area (Å²) < 4.78 is 19.8. The molecule has 0 unspecified atom stereocenters. The largest absolute Gasteiger partial charge is 0.560 e. The Labute approximate surface area is 133 Å². The third-order valence-corrected chi connectivity index (χ3v) is 3.94. The van der Waals surface area contributed by atoms with Crippen LogP contribution in [0.25, 0.3) is 0 Å². The molecule has 0 bridgehead atoms. The van der Waals surface area contributed by atoms with E-state index in [9.17, 15) is 4.11 Å². The Bertz CT molecular complexity index is 199. The number of hydrogen-bond donors (Lipinski definition) is 0. The summed E-state index contributed by atoms with van der Waals surface area (Å²) in [5, 5.41) is 0. The molecule has 128 valence electrons. The van der Waals surface area contributed by atoms with Crippen LogP contribution in [0.3, 0.4) is 0 Å². The van der Waals surface area contributed by atoms with Crippen LogP contribution in [0.2, 0.25) is 0 Å². The van der Waals surface area contributed by atoms with Crippen molar-refractivity contribution in [2.75, 3.05) is 26.2 Å². The molecule has 5 heteroatoms. The summed E-state index contributed by atoms with van der Waals surface area (Å²) in [7, 11) is -3.88. The summed E-state index contributed by atoms with van der Waals surface area (Å²) in [6.07, 6.45) is 11.1. The van der Waals surface area contributed by atoms with Gasteiger partial charge in [-0.15, -0.1) is 0 Å². The van der Waals surface area contributed by atoms with E-state index < -0.39 is 9.26 Å². The first kappa shape index (κ1) is 23.0. The summed E-state index contributed by atoms with van der Waals surface area (Å²) in [6.45, 7) is 15.0. The third kappa shape index (κ3) is 15.9. The Morgan fingerprint density at radius 1 is 0.762 bits per heavy atom. The fourth-order valence-corrected chi connectivity index (χ4v) is 2.64. The molecule has 0 radical (unpaired) electrons. The smallest absolute Gasteiger partial charge is 0.376 e. The first-order valence-corrected chi connectivity index (χ1v) is 9.89. The van der Waals surface area contributed by atoms with Crippen molar-refractivity contribution in [3.8, 4) is 0 Å². The lowest BCUT2D eigenvalue weighted by atomic mass is 10.1. The molecule has 0 N–H and O–H groups in total. The van der Waals surface area contributed by atoms with E-state index >= 15 is 0 Å². The molecule has 0 amide bonds. The second kappa shape index (κ2) is 16.1. The average Bonchev–Trinajstić information content (AvgIpc) is 2.45. The maximum atomic E-state index is 9.99. The SMILES string of the molecule is CCCC[N+](CCCC)(CCCC)CCCC.O=[Si]([O-])F. The van der Waals surface area contributed by atoms with E-state index in [1.165, 1.54) is 82.0 Å². The van der Waals surface area contributed by atoms with Crippen molar-refractivity contribution in [1.29, 1.82) is 0 Å². The molecule has 0 saturated carbocycles. The van der Waals surface area contributed by atoms with Crippen molar-refractivity contribution in [1.82, 2.24) is 0 Å². The predicted molar refractivity (Wildman–Crippen MR) is 86.9 cm³/mol. The zero-order valence-electron chi connectivity index (χ0n) is 14.6. The van der Waals surface area contributed by atoms with Crippen LogP contribution in [0.4, 0.5) is 4.11 Å². The van der Waals surface area contributed by atoms with Crippen molar-refractivity contribution >= 4 is 9.26 Å². The van der Waals surface area contributed by atoms with Crippen molar-refractivity contribution in [2.45, 2.75) is 79.1 Å². The summed E-state index contributed by atoms with van der Waals surface area (Å²) in [5.41, 5.74) is 0. The summed E-state index contributed by atoms with van der Waals surface area (Å²) in [5.74, 6) is 0. The molecular formula is C16H36FNO2Si. The standard InChI is InChI=1S/C16H36N.FO2Si/c1-5-9-13-17(14-10-6-2,15-11-7-3)16-12-8-4;1-4(2)3/h5-16H2,1-4H3;/q+1;-1. The van der Waals surface area contributed by atoms with Crippen molar-refractivity contribution in [2.24, 2.45) is 0 Å². The van der Waals surface area contributed by atoms with E-state index in [0.29, 0.717) is 0 Å². The molecule has 0 atom stereocenters. The Morgan fingerprint density at radius 3 is 1.10 bits per heavy atom. The van der Waals surface area contributed by atoms with Gasteiger partial charge in [-0.05, 0) is 25.7 Å². The third-order valence-electron chi connectivity index (χ3n) is 3.94. The molecule has 0 aliphatic rings. The van der Waals surface area contributed by atoms with Gasteiger partial charge in [-0.1, -0.05) is 53.4 Å². The second-order valence-corrected chi connectivity index (χ2v) is 6.36. The van der Waals surface area contributed by atoms with Crippen LogP contribution < -0.4 is 4.80 Å². The molecule has 3 nitrogen and oxygen atoms in total. The van der Waals surface area contributed by atoms with Gasteiger partial charge in [-0.3, -0.25) is 4.11 Å². The predicted octanol–water partition coefficient (Wildman–Crippen LogP) is 3.74. The zero-order chi connectivity index (χ0) is 16.6. The minimum Gasteiger partial charge on any atom is -0.560 e. The monoisotopic (exact) mass is 321 g/mol. The van der Waals surface area contributed by atoms with E-state index in [2.05, 4.69) is 27.7 Å². The minimum atomic E-state index is -3.88.